The van der Waals surface area contributed by atoms with Gasteiger partial charge in [0.1, 0.15) is 0 Å². The lowest BCUT2D eigenvalue weighted by molar-refractivity contribution is 1.16. The van der Waals surface area contributed by atoms with Crippen LogP contribution in [0, 0.1) is 13.8 Å². The molecule has 0 unspecified atom stereocenters. The van der Waals surface area contributed by atoms with Crippen LogP contribution in [-0.4, -0.2) is 9.97 Å². The van der Waals surface area contributed by atoms with Gasteiger partial charge in [0.25, 0.3) is 0 Å². The Morgan fingerprint density at radius 2 is 0.857 bits per heavy atom. The van der Waals surface area contributed by atoms with E-state index in [4.69, 9.17) is 0 Å². The summed E-state index contributed by atoms with van der Waals surface area (Å²) in [6, 6.07) is 16.9. The van der Waals surface area contributed by atoms with Crippen molar-refractivity contribution in [1.82, 2.24) is 9.97 Å². The van der Waals surface area contributed by atoms with Crippen LogP contribution in [0.3, 0.4) is 0 Å². The van der Waals surface area contributed by atoms with Crippen molar-refractivity contribution < 1.29 is 0 Å². The molecule has 0 aliphatic carbocycles. The van der Waals surface area contributed by atoms with Crippen molar-refractivity contribution in [2.24, 2.45) is 0 Å². The fraction of sp³-hybridized carbons (Fsp3) is 0.0769. The molecule has 2 heteroatoms. The highest BCUT2D eigenvalue weighted by atomic mass is 14.8. The van der Waals surface area contributed by atoms with E-state index in [1.54, 1.807) is 12.4 Å². The highest BCUT2D eigenvalue weighted by molar-refractivity contribution is 5.57. The molecule has 0 aliphatic heterocycles. The average molecular weight is 364 g/mol. The summed E-state index contributed by atoms with van der Waals surface area (Å²) in [5.74, 6) is 0. The van der Waals surface area contributed by atoms with Gasteiger partial charge in [-0.25, -0.2) is 0 Å². The van der Waals surface area contributed by atoms with Crippen LogP contribution in [0.25, 0.3) is 24.3 Å². The fourth-order valence-electron chi connectivity index (χ4n) is 2.52. The van der Waals surface area contributed by atoms with E-state index in [1.165, 1.54) is 22.3 Å². The number of aromatic nitrogens is 2. The molecule has 0 atom stereocenters. The van der Waals surface area contributed by atoms with Crippen LogP contribution in [0.5, 0.6) is 0 Å². The maximum Gasteiger partial charge on any atom is 0.0813 e. The molecule has 1 heterocycles. The third-order valence-electron chi connectivity index (χ3n) is 4.18. The van der Waals surface area contributed by atoms with Crippen LogP contribution in [0.15, 0.2) is 85.2 Å². The van der Waals surface area contributed by atoms with Gasteiger partial charge in [0.05, 0.1) is 23.8 Å². The summed E-state index contributed by atoms with van der Waals surface area (Å²) in [6.07, 6.45) is 19.6. The molecule has 0 N–H and O–H groups in total. The monoisotopic (exact) mass is 364 g/mol. The molecule has 2 nitrogen and oxygen atoms in total. The zero-order valence-corrected chi connectivity index (χ0v) is 16.3. The number of aryl methyl sites for hydroxylation is 2. The summed E-state index contributed by atoms with van der Waals surface area (Å²) < 4.78 is 0. The van der Waals surface area contributed by atoms with E-state index >= 15 is 0 Å². The van der Waals surface area contributed by atoms with Gasteiger partial charge in [-0.1, -0.05) is 96.1 Å². The van der Waals surface area contributed by atoms with E-state index < -0.39 is 0 Å². The highest BCUT2D eigenvalue weighted by Crippen LogP contribution is 2.07. The van der Waals surface area contributed by atoms with Crippen molar-refractivity contribution in [2.75, 3.05) is 0 Å². The third-order valence-corrected chi connectivity index (χ3v) is 4.18. The predicted molar refractivity (Wildman–Crippen MR) is 121 cm³/mol. The molecule has 0 bridgehead atoms. The molecular weight excluding hydrogens is 340 g/mol. The number of benzene rings is 2. The molecule has 0 aliphatic rings. The number of nitrogens with zero attached hydrogens (tertiary/aromatic N) is 2. The van der Waals surface area contributed by atoms with Crippen LogP contribution in [0.1, 0.15) is 33.6 Å². The van der Waals surface area contributed by atoms with Gasteiger partial charge in [-0.3, -0.25) is 9.97 Å². The summed E-state index contributed by atoms with van der Waals surface area (Å²) in [5.41, 5.74) is 6.56. The second-order valence-corrected chi connectivity index (χ2v) is 6.62. The maximum absolute atomic E-state index is 4.42. The lowest BCUT2D eigenvalue weighted by atomic mass is 10.1. The normalized spacial score (nSPS) is 12.1. The number of rotatable bonds is 6. The number of hydrogen-bond donors (Lipinski definition) is 0. The van der Waals surface area contributed by atoms with Gasteiger partial charge in [0.15, 0.2) is 0 Å². The topological polar surface area (TPSA) is 25.8 Å². The van der Waals surface area contributed by atoms with Crippen LogP contribution in [0.2, 0.25) is 0 Å². The second-order valence-electron chi connectivity index (χ2n) is 6.62. The van der Waals surface area contributed by atoms with Gasteiger partial charge in [0.2, 0.25) is 0 Å². The van der Waals surface area contributed by atoms with E-state index in [0.717, 1.165) is 11.4 Å². The van der Waals surface area contributed by atoms with Gasteiger partial charge in [-0.2, -0.15) is 0 Å². The lowest BCUT2D eigenvalue weighted by Crippen LogP contribution is -1.86. The molecule has 138 valence electrons. The van der Waals surface area contributed by atoms with Crippen molar-refractivity contribution >= 4 is 24.3 Å². The Labute approximate surface area is 167 Å². The van der Waals surface area contributed by atoms with Crippen molar-refractivity contribution in [3.05, 3.63) is 119 Å². The van der Waals surface area contributed by atoms with E-state index in [-0.39, 0.29) is 0 Å². The number of hydrogen-bond acceptors (Lipinski definition) is 2. The Morgan fingerprint density at radius 1 is 0.500 bits per heavy atom. The first kappa shape index (κ1) is 19.2. The summed E-state index contributed by atoms with van der Waals surface area (Å²) >= 11 is 0. The minimum absolute atomic E-state index is 0.834. The molecule has 3 aromatic rings. The van der Waals surface area contributed by atoms with E-state index in [1.807, 2.05) is 36.5 Å². The standard InChI is InChI=1S/C26H24N2/c1-21-11-15-23(16-12-21)7-3-5-9-25-19-28-26(20-27-25)10-6-4-8-24-17-13-22(2)14-18-24/h3-20H,1-2H3/b7-3+,8-4+,9-5+,10-6+. The molecule has 0 saturated carbocycles. The molecule has 0 fully saturated rings. The van der Waals surface area contributed by atoms with Crippen molar-refractivity contribution in [2.45, 2.75) is 13.8 Å². The zero-order chi connectivity index (χ0) is 19.6. The summed E-state index contributed by atoms with van der Waals surface area (Å²) in [4.78, 5) is 8.85. The molecule has 0 spiro atoms. The Bertz CT molecular complexity index is 903. The first-order chi connectivity index (χ1) is 13.7. The van der Waals surface area contributed by atoms with Crippen molar-refractivity contribution in [3.8, 4) is 0 Å². The minimum atomic E-state index is 0.834. The molecule has 3 rings (SSSR count). The third kappa shape index (κ3) is 6.33. The predicted octanol–water partition coefficient (Wildman–Crippen LogP) is 6.55. The van der Waals surface area contributed by atoms with Crippen LogP contribution < -0.4 is 0 Å². The zero-order valence-electron chi connectivity index (χ0n) is 16.3. The average Bonchev–Trinajstić information content (AvgIpc) is 2.72. The van der Waals surface area contributed by atoms with Crippen LogP contribution in [0.4, 0.5) is 0 Å². The maximum atomic E-state index is 4.42. The van der Waals surface area contributed by atoms with E-state index in [0.29, 0.717) is 0 Å². The molecule has 1 aromatic heterocycles. The fourth-order valence-corrected chi connectivity index (χ4v) is 2.52. The quantitative estimate of drug-likeness (QED) is 0.464. The van der Waals surface area contributed by atoms with Crippen LogP contribution in [-0.2, 0) is 0 Å². The Balaban J connectivity index is 1.52. The number of allylic oxidation sites excluding steroid dienone is 4. The molecule has 28 heavy (non-hydrogen) atoms. The summed E-state index contributed by atoms with van der Waals surface area (Å²) in [7, 11) is 0. The van der Waals surface area contributed by atoms with Gasteiger partial charge >= 0.3 is 0 Å². The SMILES string of the molecule is Cc1ccc(/C=C/C=C/c2cnc(/C=C/C=C/c3ccc(C)cc3)cn2)cc1. The highest BCUT2D eigenvalue weighted by Gasteiger charge is 1.91. The van der Waals surface area contributed by atoms with E-state index in [2.05, 4.69) is 84.5 Å². The molecule has 0 amide bonds. The van der Waals surface area contributed by atoms with Crippen LogP contribution >= 0.6 is 0 Å². The Morgan fingerprint density at radius 3 is 1.21 bits per heavy atom. The van der Waals surface area contributed by atoms with Gasteiger partial charge in [0, 0.05) is 0 Å². The minimum Gasteiger partial charge on any atom is -0.253 e. The molecular formula is C26H24N2. The van der Waals surface area contributed by atoms with Gasteiger partial charge in [-0.05, 0) is 37.1 Å². The van der Waals surface area contributed by atoms with Gasteiger partial charge < -0.3 is 0 Å². The van der Waals surface area contributed by atoms with E-state index in [9.17, 15) is 0 Å². The van der Waals surface area contributed by atoms with Crippen molar-refractivity contribution in [1.29, 1.82) is 0 Å². The largest absolute Gasteiger partial charge is 0.253 e. The first-order valence-electron chi connectivity index (χ1n) is 9.34. The van der Waals surface area contributed by atoms with Crippen molar-refractivity contribution in [3.63, 3.8) is 0 Å². The molecule has 0 radical (unpaired) electrons. The summed E-state index contributed by atoms with van der Waals surface area (Å²) in [5, 5.41) is 0. The lowest BCUT2D eigenvalue weighted by Gasteiger charge is -1.95. The smallest absolute Gasteiger partial charge is 0.0813 e. The summed E-state index contributed by atoms with van der Waals surface area (Å²) in [6.45, 7) is 4.18. The Kier molecular flexibility index (Phi) is 6.86. The Hall–Kier alpha value is -3.52. The first-order valence-corrected chi connectivity index (χ1v) is 9.34. The van der Waals surface area contributed by atoms with Gasteiger partial charge in [-0.15, -0.1) is 0 Å². The molecule has 2 aromatic carbocycles. The molecule has 0 saturated heterocycles. The second kappa shape index (κ2) is 9.98.